The van der Waals surface area contributed by atoms with Gasteiger partial charge in [0.2, 0.25) is 5.89 Å². The largest absolute Gasteiger partial charge is 0.399 e. The number of nitrogen functional groups attached to an aromatic ring is 1. The number of nitrogens with two attached hydrogens (primary N) is 1. The fraction of sp³-hybridized carbons (Fsp3) is 0.429. The van der Waals surface area contributed by atoms with Gasteiger partial charge in [-0.05, 0) is 23.1 Å². The Bertz CT molecular complexity index is 526. The quantitative estimate of drug-likeness (QED) is 0.844. The second-order valence-corrected chi connectivity index (χ2v) is 5.76. The molecule has 1 aromatic carbocycles. The predicted molar refractivity (Wildman–Crippen MR) is 71.1 cm³/mol. The standard InChI is InChI=1S/C14H19N3O/c1-14(2,3)9-12-16-13(18-17-12)8-10-5-4-6-11(15)7-10/h4-7H,8-9,15H2,1-3H3. The molecule has 0 atom stereocenters. The predicted octanol–water partition coefficient (Wildman–Crippen LogP) is 2.83. The Hall–Kier alpha value is -1.84. The van der Waals surface area contributed by atoms with E-state index >= 15 is 0 Å². The van der Waals surface area contributed by atoms with Crippen LogP contribution < -0.4 is 5.73 Å². The summed E-state index contributed by atoms with van der Waals surface area (Å²) < 4.78 is 5.25. The maximum absolute atomic E-state index is 5.73. The first-order valence-corrected chi connectivity index (χ1v) is 6.08. The topological polar surface area (TPSA) is 64.9 Å². The first-order chi connectivity index (χ1) is 8.42. The molecule has 0 unspecified atom stereocenters. The lowest BCUT2D eigenvalue weighted by Gasteiger charge is -2.14. The van der Waals surface area contributed by atoms with Crippen molar-refractivity contribution in [3.05, 3.63) is 41.5 Å². The fourth-order valence-corrected chi connectivity index (χ4v) is 1.79. The molecule has 4 heteroatoms. The Balaban J connectivity index is 2.07. The number of hydrogen-bond acceptors (Lipinski definition) is 4. The van der Waals surface area contributed by atoms with Gasteiger partial charge in [0.1, 0.15) is 0 Å². The Morgan fingerprint density at radius 2 is 2.06 bits per heavy atom. The lowest BCUT2D eigenvalue weighted by Crippen LogP contribution is -2.10. The molecule has 2 aromatic rings. The summed E-state index contributed by atoms with van der Waals surface area (Å²) in [5.74, 6) is 1.40. The molecule has 0 amide bonds. The number of rotatable bonds is 3. The van der Waals surface area contributed by atoms with Gasteiger partial charge in [-0.3, -0.25) is 0 Å². The van der Waals surface area contributed by atoms with E-state index in [0.717, 1.165) is 23.5 Å². The fourth-order valence-electron chi connectivity index (χ4n) is 1.79. The highest BCUT2D eigenvalue weighted by Gasteiger charge is 2.16. The van der Waals surface area contributed by atoms with E-state index in [-0.39, 0.29) is 5.41 Å². The second kappa shape index (κ2) is 4.80. The molecule has 0 saturated carbocycles. The van der Waals surface area contributed by atoms with E-state index in [4.69, 9.17) is 10.3 Å². The molecule has 0 aliphatic rings. The molecule has 2 N–H and O–H groups in total. The number of nitrogens with zero attached hydrogens (tertiary/aromatic N) is 2. The highest BCUT2D eigenvalue weighted by Crippen LogP contribution is 2.19. The van der Waals surface area contributed by atoms with Gasteiger partial charge in [-0.2, -0.15) is 4.98 Å². The summed E-state index contributed by atoms with van der Waals surface area (Å²) in [5, 5.41) is 4.00. The minimum absolute atomic E-state index is 0.165. The molecule has 1 aromatic heterocycles. The van der Waals surface area contributed by atoms with Crippen LogP contribution in [-0.4, -0.2) is 10.1 Å². The van der Waals surface area contributed by atoms with E-state index < -0.39 is 0 Å². The molecular formula is C14H19N3O. The van der Waals surface area contributed by atoms with Gasteiger partial charge in [0.25, 0.3) is 0 Å². The van der Waals surface area contributed by atoms with Crippen molar-refractivity contribution in [1.29, 1.82) is 0 Å². The smallest absolute Gasteiger partial charge is 0.231 e. The Morgan fingerprint density at radius 1 is 1.28 bits per heavy atom. The average molecular weight is 245 g/mol. The van der Waals surface area contributed by atoms with Crippen molar-refractivity contribution in [3.8, 4) is 0 Å². The Kier molecular flexibility index (Phi) is 3.36. The van der Waals surface area contributed by atoms with Crippen molar-refractivity contribution < 1.29 is 4.52 Å². The Morgan fingerprint density at radius 3 is 2.72 bits per heavy atom. The lowest BCUT2D eigenvalue weighted by molar-refractivity contribution is 0.358. The van der Waals surface area contributed by atoms with Gasteiger partial charge in [-0.25, -0.2) is 0 Å². The monoisotopic (exact) mass is 245 g/mol. The van der Waals surface area contributed by atoms with Crippen LogP contribution in [0.3, 0.4) is 0 Å². The molecule has 0 aliphatic carbocycles. The van der Waals surface area contributed by atoms with Crippen molar-refractivity contribution in [2.45, 2.75) is 33.6 Å². The molecule has 4 nitrogen and oxygen atoms in total. The van der Waals surface area contributed by atoms with E-state index in [2.05, 4.69) is 30.9 Å². The molecule has 1 heterocycles. The first-order valence-electron chi connectivity index (χ1n) is 6.08. The summed E-state index contributed by atoms with van der Waals surface area (Å²) in [7, 11) is 0. The molecule has 0 saturated heterocycles. The molecule has 0 bridgehead atoms. The SMILES string of the molecule is CC(C)(C)Cc1noc(Cc2cccc(N)c2)n1. The molecular weight excluding hydrogens is 226 g/mol. The van der Waals surface area contributed by atoms with Crippen LogP contribution >= 0.6 is 0 Å². The van der Waals surface area contributed by atoms with Gasteiger partial charge in [-0.15, -0.1) is 0 Å². The second-order valence-electron chi connectivity index (χ2n) is 5.76. The third-order valence-electron chi connectivity index (χ3n) is 2.50. The van der Waals surface area contributed by atoms with Crippen LogP contribution in [0.15, 0.2) is 28.8 Å². The van der Waals surface area contributed by atoms with Crippen LogP contribution in [0.1, 0.15) is 38.0 Å². The number of aromatic nitrogens is 2. The third-order valence-corrected chi connectivity index (χ3v) is 2.50. The third kappa shape index (κ3) is 3.58. The normalized spacial score (nSPS) is 11.7. The minimum Gasteiger partial charge on any atom is -0.399 e. The average Bonchev–Trinajstić information content (AvgIpc) is 2.62. The van der Waals surface area contributed by atoms with E-state index in [1.165, 1.54) is 0 Å². The van der Waals surface area contributed by atoms with Gasteiger partial charge in [0.05, 0.1) is 6.42 Å². The molecule has 0 fully saturated rings. The van der Waals surface area contributed by atoms with Crippen LogP contribution in [0.2, 0.25) is 0 Å². The molecule has 0 aliphatic heterocycles. The van der Waals surface area contributed by atoms with Crippen LogP contribution in [0, 0.1) is 5.41 Å². The highest BCUT2D eigenvalue weighted by molar-refractivity contribution is 5.41. The maximum Gasteiger partial charge on any atom is 0.231 e. The zero-order valence-corrected chi connectivity index (χ0v) is 11.1. The molecule has 2 rings (SSSR count). The zero-order valence-electron chi connectivity index (χ0n) is 11.1. The van der Waals surface area contributed by atoms with Crippen LogP contribution in [0.25, 0.3) is 0 Å². The summed E-state index contributed by atoms with van der Waals surface area (Å²) in [4.78, 5) is 4.40. The van der Waals surface area contributed by atoms with Crippen LogP contribution in [0.5, 0.6) is 0 Å². The molecule has 96 valence electrons. The van der Waals surface area contributed by atoms with Crippen molar-refractivity contribution in [2.24, 2.45) is 5.41 Å². The lowest BCUT2D eigenvalue weighted by atomic mass is 9.92. The van der Waals surface area contributed by atoms with Gasteiger partial charge >= 0.3 is 0 Å². The summed E-state index contributed by atoms with van der Waals surface area (Å²) in [6.07, 6.45) is 1.44. The van der Waals surface area contributed by atoms with E-state index in [1.807, 2.05) is 24.3 Å². The van der Waals surface area contributed by atoms with Gasteiger partial charge in [0, 0.05) is 12.1 Å². The van der Waals surface area contributed by atoms with Crippen molar-refractivity contribution >= 4 is 5.69 Å². The Labute approximate surface area is 107 Å². The van der Waals surface area contributed by atoms with Crippen LogP contribution in [-0.2, 0) is 12.8 Å². The summed E-state index contributed by atoms with van der Waals surface area (Å²) in [6, 6.07) is 7.72. The van der Waals surface area contributed by atoms with Gasteiger partial charge in [-0.1, -0.05) is 38.1 Å². The van der Waals surface area contributed by atoms with E-state index in [0.29, 0.717) is 12.3 Å². The van der Waals surface area contributed by atoms with Gasteiger partial charge < -0.3 is 10.3 Å². The summed E-state index contributed by atoms with van der Waals surface area (Å²) in [6.45, 7) is 6.46. The molecule has 0 spiro atoms. The van der Waals surface area contributed by atoms with Gasteiger partial charge in [0.15, 0.2) is 5.82 Å². The van der Waals surface area contributed by atoms with E-state index in [9.17, 15) is 0 Å². The van der Waals surface area contributed by atoms with E-state index in [1.54, 1.807) is 0 Å². The van der Waals surface area contributed by atoms with Crippen molar-refractivity contribution in [3.63, 3.8) is 0 Å². The van der Waals surface area contributed by atoms with Crippen molar-refractivity contribution in [2.75, 3.05) is 5.73 Å². The number of benzene rings is 1. The number of anilines is 1. The van der Waals surface area contributed by atoms with Crippen molar-refractivity contribution in [1.82, 2.24) is 10.1 Å². The zero-order chi connectivity index (χ0) is 13.2. The maximum atomic E-state index is 5.73. The summed E-state index contributed by atoms with van der Waals surface area (Å²) in [5.41, 5.74) is 7.74. The molecule has 18 heavy (non-hydrogen) atoms. The molecule has 0 radical (unpaired) electrons. The number of hydrogen-bond donors (Lipinski definition) is 1. The summed E-state index contributed by atoms with van der Waals surface area (Å²) >= 11 is 0. The highest BCUT2D eigenvalue weighted by atomic mass is 16.5. The minimum atomic E-state index is 0.165. The van der Waals surface area contributed by atoms with Crippen LogP contribution in [0.4, 0.5) is 5.69 Å². The first kappa shape index (κ1) is 12.6.